The maximum Gasteiger partial charge on any atom is 0.238 e. The Labute approximate surface area is 174 Å². The third-order valence-electron chi connectivity index (χ3n) is 4.99. The van der Waals surface area contributed by atoms with Crippen LogP contribution in [0.4, 0.5) is 0 Å². The van der Waals surface area contributed by atoms with Gasteiger partial charge in [0.05, 0.1) is 23.8 Å². The molecule has 0 radical (unpaired) electrons. The number of primary sulfonamides is 1. The number of methoxy groups -OCH3 is 1. The maximum absolute atomic E-state index is 11.4. The molecule has 0 bridgehead atoms. The van der Waals surface area contributed by atoms with Crippen molar-refractivity contribution in [3.8, 4) is 33.3 Å². The highest BCUT2D eigenvalue weighted by molar-refractivity contribution is 7.89. The number of hydrogen-bond acceptors (Lipinski definition) is 6. The minimum absolute atomic E-state index is 0.0839. The van der Waals surface area contributed by atoms with E-state index in [1.54, 1.807) is 19.2 Å². The topological polar surface area (TPSA) is 91.5 Å². The van der Waals surface area contributed by atoms with Crippen molar-refractivity contribution >= 4 is 21.4 Å². The zero-order chi connectivity index (χ0) is 20.4. The van der Waals surface area contributed by atoms with Gasteiger partial charge < -0.3 is 9.47 Å². The van der Waals surface area contributed by atoms with Crippen LogP contribution in [-0.4, -0.2) is 26.6 Å². The van der Waals surface area contributed by atoms with Crippen LogP contribution in [0.1, 0.15) is 25.7 Å². The molecule has 1 aliphatic rings. The summed E-state index contributed by atoms with van der Waals surface area (Å²) in [5.41, 5.74) is 2.56. The van der Waals surface area contributed by atoms with Gasteiger partial charge in [0.25, 0.3) is 0 Å². The van der Waals surface area contributed by atoms with Crippen LogP contribution in [0, 0.1) is 0 Å². The standard InChI is InChI=1S/C21H22N2O4S2/c1-26-19-11-8-15(12-20(19)27-16-4-2-3-5-16)21-23-18(13-28-21)14-6-9-17(10-7-14)29(22,24)25/h6-13,16H,2-5H2,1H3,(H2,22,24,25). The number of thiazole rings is 1. The molecule has 6 nitrogen and oxygen atoms in total. The molecule has 0 amide bonds. The van der Waals surface area contributed by atoms with Crippen LogP contribution >= 0.6 is 11.3 Å². The summed E-state index contributed by atoms with van der Waals surface area (Å²) in [4.78, 5) is 4.80. The zero-order valence-corrected chi connectivity index (χ0v) is 17.6. The summed E-state index contributed by atoms with van der Waals surface area (Å²) in [5.74, 6) is 1.46. The number of nitrogens with zero attached hydrogens (tertiary/aromatic N) is 1. The molecule has 1 saturated carbocycles. The minimum atomic E-state index is -3.70. The number of sulfonamides is 1. The van der Waals surface area contributed by atoms with Gasteiger partial charge in [0.15, 0.2) is 11.5 Å². The predicted molar refractivity (Wildman–Crippen MR) is 114 cm³/mol. The normalized spacial score (nSPS) is 14.8. The molecule has 2 N–H and O–H groups in total. The summed E-state index contributed by atoms with van der Waals surface area (Å²) in [7, 11) is -2.06. The quantitative estimate of drug-likeness (QED) is 0.624. The highest BCUT2D eigenvalue weighted by Crippen LogP contribution is 2.37. The Hall–Kier alpha value is -2.42. The molecule has 0 unspecified atom stereocenters. The van der Waals surface area contributed by atoms with Crippen LogP contribution in [0.3, 0.4) is 0 Å². The Morgan fingerprint density at radius 3 is 2.38 bits per heavy atom. The maximum atomic E-state index is 11.4. The van der Waals surface area contributed by atoms with Crippen LogP contribution < -0.4 is 14.6 Å². The van der Waals surface area contributed by atoms with Gasteiger partial charge in [0, 0.05) is 16.5 Å². The lowest BCUT2D eigenvalue weighted by Gasteiger charge is -2.16. The second kappa shape index (κ2) is 8.14. The van der Waals surface area contributed by atoms with Crippen molar-refractivity contribution in [2.45, 2.75) is 36.7 Å². The van der Waals surface area contributed by atoms with Crippen LogP contribution in [0.25, 0.3) is 21.8 Å². The van der Waals surface area contributed by atoms with Crippen molar-refractivity contribution in [1.82, 2.24) is 4.98 Å². The van der Waals surface area contributed by atoms with Gasteiger partial charge in [-0.3, -0.25) is 0 Å². The fourth-order valence-corrected chi connectivity index (χ4v) is 4.78. The third kappa shape index (κ3) is 4.44. The lowest BCUT2D eigenvalue weighted by atomic mass is 10.1. The van der Waals surface area contributed by atoms with E-state index in [-0.39, 0.29) is 11.0 Å². The number of ether oxygens (including phenoxy) is 2. The summed E-state index contributed by atoms with van der Waals surface area (Å²) in [6, 6.07) is 12.2. The second-order valence-corrected chi connectivity index (χ2v) is 9.42. The Bertz CT molecular complexity index is 1100. The van der Waals surface area contributed by atoms with Gasteiger partial charge in [-0.25, -0.2) is 18.5 Å². The summed E-state index contributed by atoms with van der Waals surface area (Å²) >= 11 is 1.52. The third-order valence-corrected chi connectivity index (χ3v) is 6.81. The first kappa shape index (κ1) is 19.9. The molecule has 8 heteroatoms. The van der Waals surface area contributed by atoms with Crippen molar-refractivity contribution in [3.63, 3.8) is 0 Å². The van der Waals surface area contributed by atoms with Gasteiger partial charge in [-0.15, -0.1) is 11.3 Å². The minimum Gasteiger partial charge on any atom is -0.493 e. The average molecular weight is 431 g/mol. The molecule has 0 saturated heterocycles. The largest absolute Gasteiger partial charge is 0.493 e. The molecule has 4 rings (SSSR count). The van der Waals surface area contributed by atoms with Crippen LogP contribution in [0.15, 0.2) is 52.7 Å². The SMILES string of the molecule is COc1ccc(-c2nc(-c3ccc(S(N)(=O)=O)cc3)cs2)cc1OC1CCCC1. The fourth-order valence-electron chi connectivity index (χ4n) is 3.44. The summed E-state index contributed by atoms with van der Waals surface area (Å²) < 4.78 is 34.5. The zero-order valence-electron chi connectivity index (χ0n) is 16.0. The number of nitrogens with two attached hydrogens (primary N) is 1. The number of hydrogen-bond donors (Lipinski definition) is 1. The highest BCUT2D eigenvalue weighted by atomic mass is 32.2. The summed E-state index contributed by atoms with van der Waals surface area (Å²) in [6.07, 6.45) is 4.79. The molecule has 1 aliphatic carbocycles. The van der Waals surface area contributed by atoms with Crippen molar-refractivity contribution in [3.05, 3.63) is 47.8 Å². The smallest absolute Gasteiger partial charge is 0.238 e. The van der Waals surface area contributed by atoms with Gasteiger partial charge in [-0.2, -0.15) is 0 Å². The van der Waals surface area contributed by atoms with E-state index in [0.29, 0.717) is 0 Å². The van der Waals surface area contributed by atoms with E-state index in [4.69, 9.17) is 19.6 Å². The molecule has 29 heavy (non-hydrogen) atoms. The summed E-state index contributed by atoms with van der Waals surface area (Å²) in [5, 5.41) is 7.96. The van der Waals surface area contributed by atoms with Gasteiger partial charge in [-0.1, -0.05) is 12.1 Å². The van der Waals surface area contributed by atoms with E-state index in [1.807, 2.05) is 23.6 Å². The highest BCUT2D eigenvalue weighted by Gasteiger charge is 2.19. The average Bonchev–Trinajstić information content (AvgIpc) is 3.39. The fraction of sp³-hybridized carbons (Fsp3) is 0.286. The monoisotopic (exact) mass is 430 g/mol. The van der Waals surface area contributed by atoms with E-state index < -0.39 is 10.0 Å². The Kier molecular flexibility index (Phi) is 5.58. The molecule has 1 heterocycles. The first-order valence-electron chi connectivity index (χ1n) is 9.38. The molecule has 1 fully saturated rings. The number of aromatic nitrogens is 1. The van der Waals surface area contributed by atoms with Gasteiger partial charge in [0.2, 0.25) is 10.0 Å². The second-order valence-electron chi connectivity index (χ2n) is 7.00. The molecular formula is C21H22N2O4S2. The molecule has 152 valence electrons. The molecular weight excluding hydrogens is 408 g/mol. The van der Waals surface area contributed by atoms with Crippen molar-refractivity contribution in [1.29, 1.82) is 0 Å². The van der Waals surface area contributed by atoms with Crippen LogP contribution in [0.2, 0.25) is 0 Å². The van der Waals surface area contributed by atoms with E-state index in [0.717, 1.165) is 46.2 Å². The van der Waals surface area contributed by atoms with E-state index in [1.165, 1.54) is 36.3 Å². The lowest BCUT2D eigenvalue weighted by Crippen LogP contribution is -2.11. The Morgan fingerprint density at radius 2 is 1.72 bits per heavy atom. The van der Waals surface area contributed by atoms with Gasteiger partial charge in [-0.05, 0) is 56.0 Å². The molecule has 3 aromatic rings. The van der Waals surface area contributed by atoms with Crippen LogP contribution in [0.5, 0.6) is 11.5 Å². The van der Waals surface area contributed by atoms with Gasteiger partial charge in [0.1, 0.15) is 5.01 Å². The van der Waals surface area contributed by atoms with Crippen molar-refractivity contribution in [2.24, 2.45) is 5.14 Å². The molecule has 0 spiro atoms. The molecule has 1 aromatic heterocycles. The number of benzene rings is 2. The van der Waals surface area contributed by atoms with Crippen molar-refractivity contribution < 1.29 is 17.9 Å². The molecule has 2 aromatic carbocycles. The van der Waals surface area contributed by atoms with E-state index in [2.05, 4.69) is 0 Å². The first-order valence-corrected chi connectivity index (χ1v) is 11.8. The van der Waals surface area contributed by atoms with Crippen LogP contribution in [-0.2, 0) is 10.0 Å². The lowest BCUT2D eigenvalue weighted by molar-refractivity contribution is 0.201. The summed E-state index contributed by atoms with van der Waals surface area (Å²) in [6.45, 7) is 0. The Balaban J connectivity index is 1.60. The molecule has 0 atom stereocenters. The Morgan fingerprint density at radius 1 is 1.03 bits per heavy atom. The van der Waals surface area contributed by atoms with E-state index in [9.17, 15) is 8.42 Å². The first-order chi connectivity index (χ1) is 13.9. The molecule has 0 aliphatic heterocycles. The predicted octanol–water partition coefficient (Wildman–Crippen LogP) is 4.45. The van der Waals surface area contributed by atoms with Crippen molar-refractivity contribution in [2.75, 3.05) is 7.11 Å². The van der Waals surface area contributed by atoms with Gasteiger partial charge >= 0.3 is 0 Å². The number of rotatable bonds is 6. The van der Waals surface area contributed by atoms with E-state index >= 15 is 0 Å².